The normalized spacial score (nSPS) is 15.6. The second kappa shape index (κ2) is 6.48. The Kier molecular flexibility index (Phi) is 4.17. The summed E-state index contributed by atoms with van der Waals surface area (Å²) in [5, 5.41) is 4.01. The van der Waals surface area contributed by atoms with E-state index in [2.05, 4.69) is 10.3 Å². The molecule has 0 saturated heterocycles. The van der Waals surface area contributed by atoms with E-state index >= 15 is 0 Å². The van der Waals surface area contributed by atoms with E-state index in [9.17, 15) is 9.59 Å². The van der Waals surface area contributed by atoms with Crippen LogP contribution in [0.4, 0.5) is 0 Å². The molecule has 0 atom stereocenters. The minimum absolute atomic E-state index is 0.176. The maximum Gasteiger partial charge on any atom is 0.265 e. The SMILES string of the molecule is O=C(NC1CCCCC1)c1cccn2c(=O)c3cc(Cl)ccc3nc12. The third kappa shape index (κ3) is 3.00. The first-order chi connectivity index (χ1) is 12.1. The van der Waals surface area contributed by atoms with Crippen molar-refractivity contribution in [1.29, 1.82) is 0 Å². The predicted octanol–water partition coefficient (Wildman–Crippen LogP) is 3.56. The number of hydrogen-bond acceptors (Lipinski definition) is 3. The van der Waals surface area contributed by atoms with Crippen LogP contribution in [0, 0.1) is 0 Å². The van der Waals surface area contributed by atoms with E-state index in [0.717, 1.165) is 25.7 Å². The second-order valence-electron chi connectivity index (χ2n) is 6.50. The summed E-state index contributed by atoms with van der Waals surface area (Å²) in [7, 11) is 0. The van der Waals surface area contributed by atoms with Crippen LogP contribution in [0.5, 0.6) is 0 Å². The van der Waals surface area contributed by atoms with Gasteiger partial charge < -0.3 is 5.32 Å². The van der Waals surface area contributed by atoms with Gasteiger partial charge in [-0.3, -0.25) is 14.0 Å². The fraction of sp³-hybridized carbons (Fsp3) is 0.316. The highest BCUT2D eigenvalue weighted by atomic mass is 35.5. The Labute approximate surface area is 149 Å². The zero-order chi connectivity index (χ0) is 17.4. The Morgan fingerprint density at radius 2 is 2.00 bits per heavy atom. The summed E-state index contributed by atoms with van der Waals surface area (Å²) in [6, 6.07) is 8.61. The van der Waals surface area contributed by atoms with Gasteiger partial charge in [0, 0.05) is 17.3 Å². The maximum absolute atomic E-state index is 12.7. The zero-order valence-electron chi connectivity index (χ0n) is 13.7. The molecule has 1 aromatic carbocycles. The van der Waals surface area contributed by atoms with Crippen LogP contribution < -0.4 is 10.9 Å². The number of nitrogens with one attached hydrogen (secondary N) is 1. The molecule has 25 heavy (non-hydrogen) atoms. The lowest BCUT2D eigenvalue weighted by Gasteiger charge is -2.23. The summed E-state index contributed by atoms with van der Waals surface area (Å²) in [6.07, 6.45) is 7.15. The number of aromatic nitrogens is 2. The molecule has 2 heterocycles. The third-order valence-electron chi connectivity index (χ3n) is 4.79. The Balaban J connectivity index is 1.81. The van der Waals surface area contributed by atoms with Crippen molar-refractivity contribution in [3.63, 3.8) is 0 Å². The monoisotopic (exact) mass is 355 g/mol. The molecule has 0 bridgehead atoms. The highest BCUT2D eigenvalue weighted by Crippen LogP contribution is 2.20. The van der Waals surface area contributed by atoms with E-state index in [1.807, 2.05) is 0 Å². The molecule has 1 aliphatic rings. The first kappa shape index (κ1) is 16.1. The standard InChI is InChI=1S/C19H18ClN3O2/c20-12-8-9-16-15(11-12)19(25)23-10-4-7-14(17(23)22-16)18(24)21-13-5-2-1-3-6-13/h4,7-11,13H,1-3,5-6H2,(H,21,24). The first-order valence-corrected chi connectivity index (χ1v) is 8.93. The van der Waals surface area contributed by atoms with Crippen LogP contribution in [-0.4, -0.2) is 21.3 Å². The van der Waals surface area contributed by atoms with Crippen molar-refractivity contribution in [3.8, 4) is 0 Å². The molecule has 1 amide bonds. The molecule has 4 rings (SSSR count). The van der Waals surface area contributed by atoms with E-state index in [1.165, 1.54) is 10.8 Å². The van der Waals surface area contributed by atoms with Gasteiger partial charge in [0.15, 0.2) is 5.65 Å². The number of carbonyl (C=O) groups is 1. The van der Waals surface area contributed by atoms with E-state index in [4.69, 9.17) is 11.6 Å². The molecule has 128 valence electrons. The molecule has 5 nitrogen and oxygen atoms in total. The van der Waals surface area contributed by atoms with Crippen molar-refractivity contribution >= 4 is 34.1 Å². The number of fused-ring (bicyclic) bond motifs is 2. The molecule has 1 saturated carbocycles. The maximum atomic E-state index is 12.7. The van der Waals surface area contributed by atoms with Crippen molar-refractivity contribution in [2.75, 3.05) is 0 Å². The lowest BCUT2D eigenvalue weighted by Crippen LogP contribution is -2.36. The van der Waals surface area contributed by atoms with Gasteiger partial charge >= 0.3 is 0 Å². The fourth-order valence-corrected chi connectivity index (χ4v) is 3.66. The van der Waals surface area contributed by atoms with Crippen LogP contribution in [0.2, 0.25) is 5.02 Å². The fourth-order valence-electron chi connectivity index (χ4n) is 3.49. The minimum atomic E-state index is -0.227. The average molecular weight is 356 g/mol. The first-order valence-electron chi connectivity index (χ1n) is 8.55. The van der Waals surface area contributed by atoms with Crippen LogP contribution in [0.25, 0.3) is 16.6 Å². The van der Waals surface area contributed by atoms with Gasteiger partial charge in [-0.15, -0.1) is 0 Å². The van der Waals surface area contributed by atoms with Gasteiger partial charge in [0.2, 0.25) is 0 Å². The number of hydrogen-bond donors (Lipinski definition) is 1. The Hall–Kier alpha value is -2.40. The van der Waals surface area contributed by atoms with E-state index < -0.39 is 0 Å². The van der Waals surface area contributed by atoms with Gasteiger partial charge in [-0.05, 0) is 43.2 Å². The van der Waals surface area contributed by atoms with Gasteiger partial charge in [-0.1, -0.05) is 30.9 Å². The van der Waals surface area contributed by atoms with Gasteiger partial charge in [-0.25, -0.2) is 4.98 Å². The number of halogens is 1. The topological polar surface area (TPSA) is 63.5 Å². The minimum Gasteiger partial charge on any atom is -0.349 e. The van der Waals surface area contributed by atoms with Crippen LogP contribution >= 0.6 is 11.6 Å². The van der Waals surface area contributed by atoms with Gasteiger partial charge in [0.05, 0.1) is 16.5 Å². The second-order valence-corrected chi connectivity index (χ2v) is 6.94. The third-order valence-corrected chi connectivity index (χ3v) is 5.02. The Morgan fingerprint density at radius 1 is 1.20 bits per heavy atom. The molecular weight excluding hydrogens is 338 g/mol. The average Bonchev–Trinajstić information content (AvgIpc) is 2.63. The summed E-state index contributed by atoms with van der Waals surface area (Å²) in [5.74, 6) is -0.176. The smallest absolute Gasteiger partial charge is 0.265 e. The van der Waals surface area contributed by atoms with Gasteiger partial charge in [0.1, 0.15) is 0 Å². The van der Waals surface area contributed by atoms with Gasteiger partial charge in [-0.2, -0.15) is 0 Å². The van der Waals surface area contributed by atoms with Crippen LogP contribution in [-0.2, 0) is 0 Å². The number of rotatable bonds is 2. The molecule has 2 aromatic heterocycles. The van der Waals surface area contributed by atoms with Crippen molar-refractivity contribution in [2.24, 2.45) is 0 Å². The number of carbonyl (C=O) groups excluding carboxylic acids is 1. The summed E-state index contributed by atoms with van der Waals surface area (Å²) in [6.45, 7) is 0. The summed E-state index contributed by atoms with van der Waals surface area (Å²) >= 11 is 5.99. The highest BCUT2D eigenvalue weighted by Gasteiger charge is 2.19. The largest absolute Gasteiger partial charge is 0.349 e. The van der Waals surface area contributed by atoms with E-state index in [0.29, 0.717) is 27.1 Å². The lowest BCUT2D eigenvalue weighted by atomic mass is 9.95. The summed E-state index contributed by atoms with van der Waals surface area (Å²) < 4.78 is 1.41. The lowest BCUT2D eigenvalue weighted by molar-refractivity contribution is 0.0929. The quantitative estimate of drug-likeness (QED) is 0.715. The van der Waals surface area contributed by atoms with Crippen LogP contribution in [0.1, 0.15) is 42.5 Å². The zero-order valence-corrected chi connectivity index (χ0v) is 14.4. The van der Waals surface area contributed by atoms with Crippen molar-refractivity contribution in [2.45, 2.75) is 38.1 Å². The Bertz CT molecular complexity index is 1020. The van der Waals surface area contributed by atoms with E-state index in [1.54, 1.807) is 36.5 Å². The van der Waals surface area contributed by atoms with Crippen molar-refractivity contribution < 1.29 is 4.79 Å². The van der Waals surface area contributed by atoms with Crippen LogP contribution in [0.15, 0.2) is 41.3 Å². The molecule has 0 aliphatic heterocycles. The highest BCUT2D eigenvalue weighted by molar-refractivity contribution is 6.31. The van der Waals surface area contributed by atoms with Crippen molar-refractivity contribution in [1.82, 2.24) is 14.7 Å². The molecule has 1 fully saturated rings. The molecule has 0 radical (unpaired) electrons. The van der Waals surface area contributed by atoms with Crippen LogP contribution in [0.3, 0.4) is 0 Å². The summed E-state index contributed by atoms with van der Waals surface area (Å²) in [4.78, 5) is 30.0. The number of benzene rings is 1. The number of pyridine rings is 1. The van der Waals surface area contributed by atoms with Gasteiger partial charge in [0.25, 0.3) is 11.5 Å². The molecule has 0 spiro atoms. The molecule has 3 aromatic rings. The molecule has 1 N–H and O–H groups in total. The van der Waals surface area contributed by atoms with E-state index in [-0.39, 0.29) is 17.5 Å². The molecule has 1 aliphatic carbocycles. The molecular formula is C19H18ClN3O2. The number of amides is 1. The summed E-state index contributed by atoms with van der Waals surface area (Å²) in [5.41, 5.74) is 1.10. The molecule has 0 unspecified atom stereocenters. The number of nitrogens with zero attached hydrogens (tertiary/aromatic N) is 2. The molecule has 6 heteroatoms. The Morgan fingerprint density at radius 3 is 2.80 bits per heavy atom. The predicted molar refractivity (Wildman–Crippen MR) is 98.3 cm³/mol. The van der Waals surface area contributed by atoms with Crippen molar-refractivity contribution in [3.05, 3.63) is 57.5 Å².